The fourth-order valence-electron chi connectivity index (χ4n) is 4.20. The number of carbonyl (C=O) groups excluding carboxylic acids is 2. The van der Waals surface area contributed by atoms with Crippen molar-refractivity contribution in [3.63, 3.8) is 0 Å². The number of nitrogens with zero attached hydrogens (tertiary/aromatic N) is 3. The van der Waals surface area contributed by atoms with Crippen LogP contribution in [0, 0.1) is 15.9 Å². The smallest absolute Gasteiger partial charge is 0.301 e. The van der Waals surface area contributed by atoms with Gasteiger partial charge in [0.2, 0.25) is 0 Å². The Balaban J connectivity index is 1.73. The van der Waals surface area contributed by atoms with Gasteiger partial charge in [0.05, 0.1) is 33.4 Å². The van der Waals surface area contributed by atoms with Gasteiger partial charge in [-0.1, -0.05) is 35.6 Å². The molecule has 0 bridgehead atoms. The van der Waals surface area contributed by atoms with E-state index in [2.05, 4.69) is 4.98 Å². The fraction of sp³-hybridized carbons (Fsp3) is 0.115. The Hall–Kier alpha value is -4.64. The number of anilines is 1. The van der Waals surface area contributed by atoms with Crippen LogP contribution in [0.3, 0.4) is 0 Å². The number of rotatable bonds is 6. The first-order valence-electron chi connectivity index (χ1n) is 11.1. The SMILES string of the molecule is CCOc1cccc(/C(O)=C2\C(=O)C(=O)N(c3nc4ccc(F)cc4s3)C2c2cccc([N+](=O)[O-])c2)c1. The van der Waals surface area contributed by atoms with E-state index in [-0.39, 0.29) is 27.5 Å². The van der Waals surface area contributed by atoms with Gasteiger partial charge in [-0.25, -0.2) is 9.37 Å². The molecule has 186 valence electrons. The first-order chi connectivity index (χ1) is 17.8. The Kier molecular flexibility index (Phi) is 6.14. The van der Waals surface area contributed by atoms with E-state index in [1.54, 1.807) is 25.1 Å². The summed E-state index contributed by atoms with van der Waals surface area (Å²) in [6.07, 6.45) is 0. The van der Waals surface area contributed by atoms with Crippen molar-refractivity contribution in [1.29, 1.82) is 0 Å². The number of aliphatic hydroxyl groups excluding tert-OH is 1. The summed E-state index contributed by atoms with van der Waals surface area (Å²) in [5.41, 5.74) is 0.343. The number of thiazole rings is 1. The molecule has 5 rings (SSSR count). The highest BCUT2D eigenvalue weighted by atomic mass is 32.1. The van der Waals surface area contributed by atoms with Crippen LogP contribution in [-0.4, -0.2) is 33.3 Å². The van der Waals surface area contributed by atoms with Gasteiger partial charge in [-0.15, -0.1) is 0 Å². The third-order valence-corrected chi connectivity index (χ3v) is 6.82. The first-order valence-corrected chi connectivity index (χ1v) is 11.9. The summed E-state index contributed by atoms with van der Waals surface area (Å²) < 4.78 is 19.7. The third kappa shape index (κ3) is 4.29. The average Bonchev–Trinajstić information content (AvgIpc) is 3.41. The van der Waals surface area contributed by atoms with E-state index in [0.717, 1.165) is 16.2 Å². The number of aliphatic hydroxyl groups is 1. The molecular formula is C26H18FN3O6S. The summed E-state index contributed by atoms with van der Waals surface area (Å²) >= 11 is 0.986. The van der Waals surface area contributed by atoms with Crippen molar-refractivity contribution in [3.8, 4) is 5.75 Å². The summed E-state index contributed by atoms with van der Waals surface area (Å²) in [7, 11) is 0. The lowest BCUT2D eigenvalue weighted by Gasteiger charge is -2.22. The molecule has 0 spiro atoms. The number of ether oxygens (including phenoxy) is 1. The monoisotopic (exact) mass is 519 g/mol. The van der Waals surface area contributed by atoms with Crippen molar-refractivity contribution in [2.24, 2.45) is 0 Å². The van der Waals surface area contributed by atoms with E-state index in [4.69, 9.17) is 4.74 Å². The summed E-state index contributed by atoms with van der Waals surface area (Å²) in [6, 6.07) is 14.6. The quantitative estimate of drug-likeness (QED) is 0.119. The lowest BCUT2D eigenvalue weighted by atomic mass is 9.95. The molecule has 1 amide bonds. The molecule has 0 aliphatic carbocycles. The molecule has 0 radical (unpaired) electrons. The zero-order valence-corrected chi connectivity index (χ0v) is 20.1. The van der Waals surface area contributed by atoms with Crippen LogP contribution in [0.15, 0.2) is 72.3 Å². The molecular weight excluding hydrogens is 501 g/mol. The molecule has 1 aliphatic heterocycles. The lowest BCUT2D eigenvalue weighted by molar-refractivity contribution is -0.384. The molecule has 37 heavy (non-hydrogen) atoms. The van der Waals surface area contributed by atoms with Crippen molar-refractivity contribution in [1.82, 2.24) is 4.98 Å². The minimum atomic E-state index is -1.22. The van der Waals surface area contributed by atoms with E-state index in [0.29, 0.717) is 22.6 Å². The van der Waals surface area contributed by atoms with Crippen LogP contribution in [0.25, 0.3) is 16.0 Å². The maximum atomic E-state index is 13.8. The number of fused-ring (bicyclic) bond motifs is 1. The van der Waals surface area contributed by atoms with Crippen LogP contribution in [0.5, 0.6) is 5.75 Å². The summed E-state index contributed by atoms with van der Waals surface area (Å²) in [4.78, 5) is 43.0. The number of hydrogen-bond acceptors (Lipinski definition) is 8. The number of non-ortho nitro benzene ring substituents is 1. The second-order valence-corrected chi connectivity index (χ2v) is 9.10. The van der Waals surface area contributed by atoms with Gasteiger partial charge < -0.3 is 9.84 Å². The van der Waals surface area contributed by atoms with Gasteiger partial charge in [0.15, 0.2) is 5.13 Å². The molecule has 9 nitrogen and oxygen atoms in total. The first kappa shape index (κ1) is 24.1. The molecule has 11 heteroatoms. The maximum absolute atomic E-state index is 13.8. The van der Waals surface area contributed by atoms with Crippen molar-refractivity contribution in [2.45, 2.75) is 13.0 Å². The number of hydrogen-bond donors (Lipinski definition) is 1. The van der Waals surface area contributed by atoms with Gasteiger partial charge in [-0.2, -0.15) is 0 Å². The average molecular weight is 520 g/mol. The van der Waals surface area contributed by atoms with Crippen LogP contribution < -0.4 is 9.64 Å². The topological polar surface area (TPSA) is 123 Å². The second kappa shape index (κ2) is 9.43. The van der Waals surface area contributed by atoms with E-state index in [1.807, 2.05) is 0 Å². The van der Waals surface area contributed by atoms with Gasteiger partial charge in [-0.05, 0) is 42.8 Å². The number of halogens is 1. The van der Waals surface area contributed by atoms with Crippen LogP contribution >= 0.6 is 11.3 Å². The molecule has 1 fully saturated rings. The lowest BCUT2D eigenvalue weighted by Crippen LogP contribution is -2.29. The van der Waals surface area contributed by atoms with Crippen LogP contribution in [0.1, 0.15) is 24.1 Å². The molecule has 3 aromatic carbocycles. The van der Waals surface area contributed by atoms with E-state index >= 15 is 0 Å². The number of Topliss-reactive ketones (excluding diaryl/α,β-unsaturated/α-hetero) is 1. The molecule has 4 aromatic rings. The standard InChI is InChI=1S/C26H18FN3O6S/c1-2-36-18-8-4-6-15(12-18)23(31)21-22(14-5-3-7-17(11-14)30(34)35)29(25(33)24(21)32)26-28-19-10-9-16(27)13-20(19)37-26/h3-13,22,31H,2H2,1H3/b23-21+. The van der Waals surface area contributed by atoms with Crippen LogP contribution in [0.4, 0.5) is 15.2 Å². The van der Waals surface area contributed by atoms with Gasteiger partial charge in [0.1, 0.15) is 17.3 Å². The highest BCUT2D eigenvalue weighted by Gasteiger charge is 2.48. The minimum Gasteiger partial charge on any atom is -0.507 e. The Bertz CT molecular complexity index is 1610. The zero-order valence-electron chi connectivity index (χ0n) is 19.3. The van der Waals surface area contributed by atoms with Gasteiger partial charge >= 0.3 is 5.91 Å². The predicted molar refractivity (Wildman–Crippen MR) is 135 cm³/mol. The molecule has 1 atom stereocenters. The highest BCUT2D eigenvalue weighted by molar-refractivity contribution is 7.22. The van der Waals surface area contributed by atoms with Crippen molar-refractivity contribution < 1.29 is 28.7 Å². The van der Waals surface area contributed by atoms with Gasteiger partial charge in [0, 0.05) is 17.7 Å². The Morgan fingerprint density at radius 1 is 1.16 bits per heavy atom. The number of aromatic nitrogens is 1. The number of nitro groups is 1. The molecule has 2 heterocycles. The van der Waals surface area contributed by atoms with Crippen molar-refractivity contribution >= 4 is 49.8 Å². The summed E-state index contributed by atoms with van der Waals surface area (Å²) in [6.45, 7) is 2.17. The number of carbonyl (C=O) groups is 2. The Morgan fingerprint density at radius 2 is 1.95 bits per heavy atom. The zero-order chi connectivity index (χ0) is 26.3. The molecule has 1 N–H and O–H groups in total. The highest BCUT2D eigenvalue weighted by Crippen LogP contribution is 2.45. The number of ketones is 1. The van der Waals surface area contributed by atoms with Crippen molar-refractivity contribution in [3.05, 3.63) is 99.4 Å². The molecule has 1 aliphatic rings. The molecule has 1 saturated heterocycles. The maximum Gasteiger partial charge on any atom is 0.301 e. The van der Waals surface area contributed by atoms with Gasteiger partial charge in [0.25, 0.3) is 11.5 Å². The summed E-state index contributed by atoms with van der Waals surface area (Å²) in [5.74, 6) is -2.47. The molecule has 1 unspecified atom stereocenters. The largest absolute Gasteiger partial charge is 0.507 e. The predicted octanol–water partition coefficient (Wildman–Crippen LogP) is 5.37. The van der Waals surface area contributed by atoms with E-state index < -0.39 is 34.2 Å². The van der Waals surface area contributed by atoms with Gasteiger partial charge in [-0.3, -0.25) is 24.6 Å². The fourth-order valence-corrected chi connectivity index (χ4v) is 5.22. The second-order valence-electron chi connectivity index (χ2n) is 8.09. The number of nitro benzene ring substituents is 1. The minimum absolute atomic E-state index is 0.0846. The van der Waals surface area contributed by atoms with Crippen LogP contribution in [0.2, 0.25) is 0 Å². The van der Waals surface area contributed by atoms with E-state index in [9.17, 15) is 29.2 Å². The summed E-state index contributed by atoms with van der Waals surface area (Å²) in [5, 5.41) is 22.8. The Labute approximate surface area is 213 Å². The number of benzene rings is 3. The third-order valence-electron chi connectivity index (χ3n) is 5.80. The van der Waals surface area contributed by atoms with Crippen LogP contribution in [-0.2, 0) is 9.59 Å². The Morgan fingerprint density at radius 3 is 2.70 bits per heavy atom. The molecule has 1 aromatic heterocycles. The normalized spacial score (nSPS) is 16.9. The number of amides is 1. The van der Waals surface area contributed by atoms with E-state index in [1.165, 1.54) is 48.5 Å². The molecule has 0 saturated carbocycles. The van der Waals surface area contributed by atoms with Crippen molar-refractivity contribution in [2.75, 3.05) is 11.5 Å².